The first-order valence-electron chi connectivity index (χ1n) is 4.87. The summed E-state index contributed by atoms with van der Waals surface area (Å²) in [6.07, 6.45) is -0.679. The van der Waals surface area contributed by atoms with Crippen LogP contribution in [0.5, 0.6) is 0 Å². The number of aliphatic hydroxyl groups is 2. The smallest absolute Gasteiger partial charge is 0.167 e. The summed E-state index contributed by atoms with van der Waals surface area (Å²) in [7, 11) is 0. The van der Waals surface area contributed by atoms with Gasteiger partial charge in [-0.25, -0.2) is 0 Å². The molecule has 0 amide bonds. The van der Waals surface area contributed by atoms with E-state index < -0.39 is 6.29 Å². The number of hydrogen-bond donors (Lipinski definition) is 3. The van der Waals surface area contributed by atoms with Crippen LogP contribution in [0, 0.1) is 0 Å². The number of hydrogen-bond acceptors (Lipinski definition) is 3. The number of likely N-dealkylation sites (N-methyl/N-ethyl adjacent to an activating group) is 1. The molecular weight excluding hydrogens is 178 g/mol. The van der Waals surface area contributed by atoms with Crippen LogP contribution in [0.3, 0.4) is 0 Å². The SMILES string of the molecule is CCNC(Cc1ccccc1)C(O)O. The fourth-order valence-corrected chi connectivity index (χ4v) is 1.41. The fourth-order valence-electron chi connectivity index (χ4n) is 1.41. The summed E-state index contributed by atoms with van der Waals surface area (Å²) in [5, 5.41) is 21.2. The Morgan fingerprint density at radius 3 is 2.36 bits per heavy atom. The molecule has 0 aromatic heterocycles. The second kappa shape index (κ2) is 5.75. The Balaban J connectivity index is 2.55. The van der Waals surface area contributed by atoms with Gasteiger partial charge >= 0.3 is 0 Å². The molecule has 0 saturated carbocycles. The molecule has 0 aliphatic carbocycles. The van der Waals surface area contributed by atoms with Crippen molar-refractivity contribution in [1.82, 2.24) is 5.32 Å². The van der Waals surface area contributed by atoms with Crippen LogP contribution in [-0.2, 0) is 6.42 Å². The van der Waals surface area contributed by atoms with Crippen LogP contribution in [-0.4, -0.2) is 29.1 Å². The summed E-state index contributed by atoms with van der Waals surface area (Å²) >= 11 is 0. The van der Waals surface area contributed by atoms with Crippen LogP contribution in [0.15, 0.2) is 30.3 Å². The van der Waals surface area contributed by atoms with Crippen molar-refractivity contribution in [2.45, 2.75) is 25.7 Å². The molecule has 0 fully saturated rings. The molecule has 3 nitrogen and oxygen atoms in total. The van der Waals surface area contributed by atoms with Crippen molar-refractivity contribution in [3.05, 3.63) is 35.9 Å². The van der Waals surface area contributed by atoms with Gasteiger partial charge in [-0.05, 0) is 18.5 Å². The first kappa shape index (κ1) is 11.2. The molecule has 0 heterocycles. The first-order valence-corrected chi connectivity index (χ1v) is 4.87. The average Bonchev–Trinajstić information content (AvgIpc) is 2.18. The molecule has 3 N–H and O–H groups in total. The Hall–Kier alpha value is -0.900. The molecule has 0 radical (unpaired) electrons. The average molecular weight is 195 g/mol. The van der Waals surface area contributed by atoms with E-state index in [4.69, 9.17) is 10.2 Å². The number of nitrogens with one attached hydrogen (secondary N) is 1. The highest BCUT2D eigenvalue weighted by atomic mass is 16.5. The monoisotopic (exact) mass is 195 g/mol. The van der Waals surface area contributed by atoms with Crippen molar-refractivity contribution in [2.75, 3.05) is 6.54 Å². The maximum absolute atomic E-state index is 9.10. The van der Waals surface area contributed by atoms with Crippen LogP contribution >= 0.6 is 0 Å². The maximum atomic E-state index is 9.10. The van der Waals surface area contributed by atoms with E-state index in [0.717, 1.165) is 12.1 Å². The van der Waals surface area contributed by atoms with Crippen LogP contribution in [0.4, 0.5) is 0 Å². The lowest BCUT2D eigenvalue weighted by molar-refractivity contribution is -0.0663. The lowest BCUT2D eigenvalue weighted by Crippen LogP contribution is -2.41. The summed E-state index contributed by atoms with van der Waals surface area (Å²) < 4.78 is 0. The van der Waals surface area contributed by atoms with Crippen LogP contribution in [0.25, 0.3) is 0 Å². The highest BCUT2D eigenvalue weighted by Crippen LogP contribution is 2.04. The lowest BCUT2D eigenvalue weighted by atomic mass is 10.1. The van der Waals surface area contributed by atoms with E-state index in [0.29, 0.717) is 6.42 Å². The zero-order valence-electron chi connectivity index (χ0n) is 8.35. The topological polar surface area (TPSA) is 52.5 Å². The standard InChI is InChI=1S/C11H17NO2/c1-2-12-10(11(13)14)8-9-6-4-3-5-7-9/h3-7,10-14H,2,8H2,1H3. The van der Waals surface area contributed by atoms with Crippen LogP contribution in [0.1, 0.15) is 12.5 Å². The third kappa shape index (κ3) is 3.46. The quantitative estimate of drug-likeness (QED) is 0.600. The number of aliphatic hydroxyl groups excluding tert-OH is 1. The van der Waals surface area contributed by atoms with Gasteiger partial charge < -0.3 is 15.5 Å². The van der Waals surface area contributed by atoms with E-state index in [1.807, 2.05) is 37.3 Å². The van der Waals surface area contributed by atoms with Gasteiger partial charge in [0.2, 0.25) is 0 Å². The van der Waals surface area contributed by atoms with E-state index in [9.17, 15) is 0 Å². The Morgan fingerprint density at radius 1 is 1.21 bits per heavy atom. The zero-order valence-corrected chi connectivity index (χ0v) is 8.35. The van der Waals surface area contributed by atoms with Gasteiger partial charge in [-0.3, -0.25) is 0 Å². The molecule has 78 valence electrons. The Kier molecular flexibility index (Phi) is 4.59. The summed E-state index contributed by atoms with van der Waals surface area (Å²) in [6, 6.07) is 9.51. The number of rotatable bonds is 5. The predicted molar refractivity (Wildman–Crippen MR) is 55.8 cm³/mol. The molecule has 1 aromatic carbocycles. The minimum atomic E-state index is -1.31. The third-order valence-electron chi connectivity index (χ3n) is 2.12. The van der Waals surface area contributed by atoms with Crippen molar-refractivity contribution < 1.29 is 10.2 Å². The summed E-state index contributed by atoms with van der Waals surface area (Å²) in [5.41, 5.74) is 1.10. The molecule has 0 bridgehead atoms. The minimum Gasteiger partial charge on any atom is -0.367 e. The summed E-state index contributed by atoms with van der Waals surface area (Å²) in [4.78, 5) is 0. The second-order valence-electron chi connectivity index (χ2n) is 3.27. The van der Waals surface area contributed by atoms with Crippen molar-refractivity contribution in [3.63, 3.8) is 0 Å². The van der Waals surface area contributed by atoms with E-state index in [-0.39, 0.29) is 6.04 Å². The van der Waals surface area contributed by atoms with Crippen molar-refractivity contribution in [2.24, 2.45) is 0 Å². The molecule has 0 aliphatic rings. The fraction of sp³-hybridized carbons (Fsp3) is 0.455. The van der Waals surface area contributed by atoms with Gasteiger partial charge in [-0.1, -0.05) is 37.3 Å². The van der Waals surface area contributed by atoms with Gasteiger partial charge in [0.15, 0.2) is 6.29 Å². The van der Waals surface area contributed by atoms with Crippen LogP contribution in [0.2, 0.25) is 0 Å². The Bertz CT molecular complexity index is 249. The van der Waals surface area contributed by atoms with Crippen molar-refractivity contribution in [1.29, 1.82) is 0 Å². The molecule has 1 aromatic rings. The summed E-state index contributed by atoms with van der Waals surface area (Å²) in [5.74, 6) is 0. The molecule has 3 heteroatoms. The molecule has 14 heavy (non-hydrogen) atoms. The van der Waals surface area contributed by atoms with E-state index in [1.54, 1.807) is 0 Å². The molecule has 1 atom stereocenters. The largest absolute Gasteiger partial charge is 0.367 e. The number of benzene rings is 1. The predicted octanol–water partition coefficient (Wildman–Crippen LogP) is 0.518. The zero-order chi connectivity index (χ0) is 10.4. The second-order valence-corrected chi connectivity index (χ2v) is 3.27. The van der Waals surface area contributed by atoms with E-state index >= 15 is 0 Å². The van der Waals surface area contributed by atoms with Gasteiger partial charge in [0.1, 0.15) is 0 Å². The van der Waals surface area contributed by atoms with Gasteiger partial charge in [0.05, 0.1) is 6.04 Å². The normalized spacial score (nSPS) is 13.1. The molecular formula is C11H17NO2. The molecule has 0 saturated heterocycles. The first-order chi connectivity index (χ1) is 6.74. The van der Waals surface area contributed by atoms with E-state index in [1.165, 1.54) is 0 Å². The Morgan fingerprint density at radius 2 is 1.86 bits per heavy atom. The molecule has 0 spiro atoms. The van der Waals surface area contributed by atoms with Crippen LogP contribution < -0.4 is 5.32 Å². The molecule has 0 aliphatic heterocycles. The highest BCUT2D eigenvalue weighted by Gasteiger charge is 2.15. The summed E-state index contributed by atoms with van der Waals surface area (Å²) in [6.45, 7) is 2.68. The van der Waals surface area contributed by atoms with Gasteiger partial charge in [-0.15, -0.1) is 0 Å². The maximum Gasteiger partial charge on any atom is 0.167 e. The van der Waals surface area contributed by atoms with Gasteiger partial charge in [0.25, 0.3) is 0 Å². The third-order valence-corrected chi connectivity index (χ3v) is 2.12. The Labute approximate surface area is 84.4 Å². The lowest BCUT2D eigenvalue weighted by Gasteiger charge is -2.19. The molecule has 1 unspecified atom stereocenters. The highest BCUT2D eigenvalue weighted by molar-refractivity contribution is 5.16. The van der Waals surface area contributed by atoms with Crippen molar-refractivity contribution >= 4 is 0 Å². The van der Waals surface area contributed by atoms with Crippen molar-refractivity contribution in [3.8, 4) is 0 Å². The van der Waals surface area contributed by atoms with E-state index in [2.05, 4.69) is 5.32 Å². The minimum absolute atomic E-state index is 0.289. The van der Waals surface area contributed by atoms with Gasteiger partial charge in [-0.2, -0.15) is 0 Å². The van der Waals surface area contributed by atoms with Gasteiger partial charge in [0, 0.05) is 0 Å². The molecule has 1 rings (SSSR count).